The molecule has 0 saturated carbocycles. The average Bonchev–Trinajstić information content (AvgIpc) is 2.58. The van der Waals surface area contributed by atoms with Gasteiger partial charge in [0.25, 0.3) is 10.0 Å². The lowest BCUT2D eigenvalue weighted by Gasteiger charge is -2.14. The van der Waals surface area contributed by atoms with Gasteiger partial charge >= 0.3 is 0 Å². The maximum atomic E-state index is 12.6. The summed E-state index contributed by atoms with van der Waals surface area (Å²) >= 11 is 5.99. The summed E-state index contributed by atoms with van der Waals surface area (Å²) in [5.74, 6) is 0.454. The van der Waals surface area contributed by atoms with Gasteiger partial charge in [-0.15, -0.1) is 0 Å². The molecule has 0 amide bonds. The van der Waals surface area contributed by atoms with Gasteiger partial charge in [-0.3, -0.25) is 4.72 Å². The smallest absolute Gasteiger partial charge is 0.263 e. The number of aromatic nitrogens is 1. The molecule has 0 fully saturated rings. The van der Waals surface area contributed by atoms with Gasteiger partial charge < -0.3 is 10.4 Å². The highest BCUT2D eigenvalue weighted by Gasteiger charge is 2.19. The first-order valence-electron chi connectivity index (χ1n) is 7.24. The Morgan fingerprint density at radius 2 is 1.68 bits per heavy atom. The molecule has 3 N–H and O–H groups in total. The third-order valence-electron chi connectivity index (χ3n) is 3.31. The Balaban J connectivity index is 1.91. The third kappa shape index (κ3) is 4.01. The molecule has 0 spiro atoms. The lowest BCUT2D eigenvalue weighted by Crippen LogP contribution is -2.15. The zero-order valence-electron chi connectivity index (χ0n) is 12.8. The van der Waals surface area contributed by atoms with Gasteiger partial charge in [0.2, 0.25) is 0 Å². The third-order valence-corrected chi connectivity index (χ3v) is 5.17. The van der Waals surface area contributed by atoms with Crippen LogP contribution in [0.1, 0.15) is 0 Å². The molecule has 0 aliphatic heterocycles. The average molecular weight is 376 g/mol. The van der Waals surface area contributed by atoms with Gasteiger partial charge in [0.15, 0.2) is 5.82 Å². The first-order valence-corrected chi connectivity index (χ1v) is 9.10. The maximum Gasteiger partial charge on any atom is 0.263 e. The van der Waals surface area contributed by atoms with Crippen molar-refractivity contribution < 1.29 is 13.5 Å². The van der Waals surface area contributed by atoms with Gasteiger partial charge in [-0.25, -0.2) is 13.4 Å². The van der Waals surface area contributed by atoms with Crippen LogP contribution >= 0.6 is 11.6 Å². The van der Waals surface area contributed by atoms with Crippen LogP contribution in [-0.2, 0) is 10.0 Å². The molecule has 128 valence electrons. The van der Waals surface area contributed by atoms with Gasteiger partial charge in [0, 0.05) is 11.9 Å². The Morgan fingerprint density at radius 1 is 0.960 bits per heavy atom. The minimum atomic E-state index is -3.87. The molecule has 0 aliphatic rings. The van der Waals surface area contributed by atoms with Crippen molar-refractivity contribution in [1.29, 1.82) is 0 Å². The molecule has 1 aromatic heterocycles. The topological polar surface area (TPSA) is 91.3 Å². The highest BCUT2D eigenvalue weighted by molar-refractivity contribution is 7.92. The summed E-state index contributed by atoms with van der Waals surface area (Å²) < 4.78 is 27.7. The normalized spacial score (nSPS) is 11.1. The Kier molecular flexibility index (Phi) is 4.78. The number of phenolic OH excluding ortho intramolecular Hbond substituents is 1. The molecule has 0 unspecified atom stereocenters. The lowest BCUT2D eigenvalue weighted by atomic mass is 10.3. The number of benzene rings is 2. The first kappa shape index (κ1) is 17.1. The predicted octanol–water partition coefficient (Wildman–Crippen LogP) is 3.99. The SMILES string of the molecule is O=S(=O)(Nc1cccnc1Nc1ccc(O)cc1)c1ccccc1Cl. The molecule has 2 aromatic carbocycles. The van der Waals surface area contributed by atoms with Crippen molar-refractivity contribution >= 4 is 38.8 Å². The molecule has 3 rings (SSSR count). The second-order valence-corrected chi connectivity index (χ2v) is 7.17. The largest absolute Gasteiger partial charge is 0.508 e. The number of sulfonamides is 1. The van der Waals surface area contributed by atoms with Crippen LogP contribution in [0.25, 0.3) is 0 Å². The number of phenols is 1. The molecule has 0 radical (unpaired) electrons. The lowest BCUT2D eigenvalue weighted by molar-refractivity contribution is 0.475. The fourth-order valence-electron chi connectivity index (χ4n) is 2.13. The number of nitrogens with one attached hydrogen (secondary N) is 2. The van der Waals surface area contributed by atoms with Crippen molar-refractivity contribution in [3.63, 3.8) is 0 Å². The van der Waals surface area contributed by atoms with Crippen molar-refractivity contribution in [1.82, 2.24) is 4.98 Å². The van der Waals surface area contributed by atoms with Gasteiger partial charge in [-0.05, 0) is 48.5 Å². The van der Waals surface area contributed by atoms with Crippen LogP contribution in [0.2, 0.25) is 5.02 Å². The molecule has 6 nitrogen and oxygen atoms in total. The second kappa shape index (κ2) is 7.00. The van der Waals surface area contributed by atoms with E-state index in [1.807, 2.05) is 0 Å². The molecule has 25 heavy (non-hydrogen) atoms. The fraction of sp³-hybridized carbons (Fsp3) is 0. The molecule has 0 saturated heterocycles. The Bertz CT molecular complexity index is 992. The quantitative estimate of drug-likeness (QED) is 0.586. The fourth-order valence-corrected chi connectivity index (χ4v) is 3.72. The Labute approximate surface area is 150 Å². The van der Waals surface area contributed by atoms with Gasteiger partial charge in [0.05, 0.1) is 10.7 Å². The van der Waals surface area contributed by atoms with E-state index < -0.39 is 10.0 Å². The number of hydrogen-bond acceptors (Lipinski definition) is 5. The van der Waals surface area contributed by atoms with Crippen LogP contribution < -0.4 is 10.0 Å². The minimum absolute atomic E-state index is 0.0175. The summed E-state index contributed by atoms with van der Waals surface area (Å²) in [6.45, 7) is 0. The highest BCUT2D eigenvalue weighted by Crippen LogP contribution is 2.28. The monoisotopic (exact) mass is 375 g/mol. The van der Waals surface area contributed by atoms with Gasteiger partial charge in [0.1, 0.15) is 10.6 Å². The summed E-state index contributed by atoms with van der Waals surface area (Å²) in [6.07, 6.45) is 1.54. The van der Waals surface area contributed by atoms with E-state index in [0.29, 0.717) is 11.5 Å². The number of halogens is 1. The highest BCUT2D eigenvalue weighted by atomic mass is 35.5. The van der Waals surface area contributed by atoms with Crippen LogP contribution in [0.3, 0.4) is 0 Å². The standard InChI is InChI=1S/C17H14ClN3O3S/c18-14-4-1-2-6-16(14)25(23,24)21-15-5-3-11-19-17(15)20-12-7-9-13(22)10-8-12/h1-11,21-22H,(H,19,20). The molecule has 0 bridgehead atoms. The van der Waals surface area contributed by atoms with Crippen LogP contribution in [0, 0.1) is 0 Å². The summed E-state index contributed by atoms with van der Waals surface area (Å²) in [6, 6.07) is 15.7. The van der Waals surface area contributed by atoms with Crippen molar-refractivity contribution in [2.24, 2.45) is 0 Å². The van der Waals surface area contributed by atoms with E-state index in [2.05, 4.69) is 15.0 Å². The van der Waals surface area contributed by atoms with E-state index in [1.165, 1.54) is 30.5 Å². The van der Waals surface area contributed by atoms with E-state index in [1.54, 1.807) is 36.4 Å². The number of nitrogens with zero attached hydrogens (tertiary/aromatic N) is 1. The van der Waals surface area contributed by atoms with E-state index in [9.17, 15) is 13.5 Å². The first-order chi connectivity index (χ1) is 12.0. The second-order valence-electron chi connectivity index (χ2n) is 5.11. The zero-order valence-corrected chi connectivity index (χ0v) is 14.4. The molecular formula is C17H14ClN3O3S. The summed E-state index contributed by atoms with van der Waals surface area (Å²) in [5.41, 5.74) is 0.921. The predicted molar refractivity (Wildman–Crippen MR) is 97.9 cm³/mol. The van der Waals surface area contributed by atoms with Crippen molar-refractivity contribution in [3.8, 4) is 5.75 Å². The number of pyridine rings is 1. The zero-order chi connectivity index (χ0) is 17.9. The van der Waals surface area contributed by atoms with Gasteiger partial charge in [-0.2, -0.15) is 0 Å². The van der Waals surface area contributed by atoms with E-state index in [-0.39, 0.29) is 21.4 Å². The Hall–Kier alpha value is -2.77. The molecule has 1 heterocycles. The Morgan fingerprint density at radius 3 is 2.40 bits per heavy atom. The van der Waals surface area contributed by atoms with Crippen molar-refractivity contribution in [2.45, 2.75) is 4.90 Å². The van der Waals surface area contributed by atoms with E-state index in [0.717, 1.165) is 0 Å². The number of hydrogen-bond donors (Lipinski definition) is 3. The van der Waals surface area contributed by atoms with E-state index >= 15 is 0 Å². The van der Waals surface area contributed by atoms with Crippen molar-refractivity contribution in [2.75, 3.05) is 10.0 Å². The molecular weight excluding hydrogens is 362 g/mol. The van der Waals surface area contributed by atoms with Crippen LogP contribution in [0.4, 0.5) is 17.2 Å². The molecule has 3 aromatic rings. The molecule has 0 atom stereocenters. The van der Waals surface area contributed by atoms with Crippen molar-refractivity contribution in [3.05, 3.63) is 71.9 Å². The maximum absolute atomic E-state index is 12.6. The summed E-state index contributed by atoms with van der Waals surface area (Å²) in [4.78, 5) is 4.15. The van der Waals surface area contributed by atoms with Crippen LogP contribution in [0.5, 0.6) is 5.75 Å². The number of anilines is 3. The van der Waals surface area contributed by atoms with E-state index in [4.69, 9.17) is 11.6 Å². The summed E-state index contributed by atoms with van der Waals surface area (Å²) in [5, 5.41) is 12.5. The van der Waals surface area contributed by atoms with Crippen LogP contribution in [0.15, 0.2) is 71.8 Å². The summed E-state index contributed by atoms with van der Waals surface area (Å²) in [7, 11) is -3.87. The van der Waals surface area contributed by atoms with Gasteiger partial charge in [-0.1, -0.05) is 23.7 Å². The molecule has 0 aliphatic carbocycles. The number of rotatable bonds is 5. The minimum Gasteiger partial charge on any atom is -0.508 e. The molecule has 8 heteroatoms. The number of aromatic hydroxyl groups is 1. The van der Waals surface area contributed by atoms with Crippen LogP contribution in [-0.4, -0.2) is 18.5 Å².